The number of ether oxygens (including phenoxy) is 1. The molecule has 0 unspecified atom stereocenters. The van der Waals surface area contributed by atoms with Gasteiger partial charge in [-0.3, -0.25) is 4.68 Å². The number of aromatic nitrogens is 4. The molecule has 0 atom stereocenters. The molecule has 0 aliphatic rings. The zero-order valence-corrected chi connectivity index (χ0v) is 33.2. The summed E-state index contributed by atoms with van der Waals surface area (Å²) >= 11 is 0. The van der Waals surface area contributed by atoms with E-state index in [1.165, 1.54) is 44.6 Å². The average molecular weight is 779 g/mol. The maximum atomic E-state index is 6.70. The molecule has 0 N–H and O–H groups in total. The number of para-hydroxylation sites is 1. The summed E-state index contributed by atoms with van der Waals surface area (Å²) in [6, 6.07) is 33.1. The summed E-state index contributed by atoms with van der Waals surface area (Å²) in [5.74, 6) is 2.46. The van der Waals surface area contributed by atoms with Crippen molar-refractivity contribution < 1.29 is 25.2 Å². The molecule has 7 rings (SSSR count). The van der Waals surface area contributed by atoms with Crippen molar-refractivity contribution in [3.8, 4) is 34.1 Å². The Labute approximate surface area is 322 Å². The Bertz CT molecular complexity index is 2360. The van der Waals surface area contributed by atoms with Gasteiger partial charge in [0, 0.05) is 34.5 Å². The normalized spacial score (nSPS) is 11.5. The SMILES string of the molecule is CCCCc1c(-c2c(C)cc(C)cc2C)c(C)nn1-c1[c-]c(Oc2[c-]c3c(cc2)c2ccccc2n3-c2cc(CCC)ccn2)cc(C(C)C)c1.[Pd+2]. The minimum Gasteiger partial charge on any atom is -0.509 e. The van der Waals surface area contributed by atoms with Crippen molar-refractivity contribution in [3.63, 3.8) is 0 Å². The first kappa shape index (κ1) is 37.3. The number of hydrogen-bond acceptors (Lipinski definition) is 3. The predicted octanol–water partition coefficient (Wildman–Crippen LogP) is 12.1. The molecule has 0 fully saturated rings. The van der Waals surface area contributed by atoms with Crippen LogP contribution in [0.3, 0.4) is 0 Å². The Morgan fingerprint density at radius 2 is 1.54 bits per heavy atom. The Morgan fingerprint density at radius 1 is 0.769 bits per heavy atom. The molecule has 5 nitrogen and oxygen atoms in total. The van der Waals surface area contributed by atoms with Crippen LogP contribution in [0.5, 0.6) is 11.5 Å². The number of benzene rings is 4. The molecule has 7 aromatic rings. The summed E-state index contributed by atoms with van der Waals surface area (Å²) in [4.78, 5) is 4.82. The van der Waals surface area contributed by atoms with Gasteiger partial charge in [0.1, 0.15) is 5.82 Å². The summed E-state index contributed by atoms with van der Waals surface area (Å²) in [7, 11) is 0. The molecule has 0 radical (unpaired) electrons. The molecule has 0 aliphatic heterocycles. The number of rotatable bonds is 11. The van der Waals surface area contributed by atoms with Crippen molar-refractivity contribution in [2.75, 3.05) is 0 Å². The van der Waals surface area contributed by atoms with Gasteiger partial charge in [0.05, 0.1) is 5.69 Å². The van der Waals surface area contributed by atoms with Gasteiger partial charge in [0.2, 0.25) is 0 Å². The summed E-state index contributed by atoms with van der Waals surface area (Å²) in [6.07, 6.45) is 7.11. The molecule has 3 heterocycles. The number of nitrogens with zero attached hydrogens (tertiary/aromatic N) is 4. The smallest absolute Gasteiger partial charge is 0.509 e. The molecule has 268 valence electrons. The Hall–Kier alpha value is -4.50. The van der Waals surface area contributed by atoms with Crippen LogP contribution >= 0.6 is 0 Å². The first-order chi connectivity index (χ1) is 24.7. The van der Waals surface area contributed by atoms with Gasteiger partial charge in [-0.25, -0.2) is 4.98 Å². The Kier molecular flexibility index (Phi) is 11.2. The van der Waals surface area contributed by atoms with Gasteiger partial charge in [0.15, 0.2) is 0 Å². The number of hydrogen-bond donors (Lipinski definition) is 0. The summed E-state index contributed by atoms with van der Waals surface area (Å²) < 4.78 is 11.0. The number of unbranched alkanes of at least 4 members (excludes halogenated alkanes) is 1. The van der Waals surface area contributed by atoms with Crippen molar-refractivity contribution in [1.82, 2.24) is 19.3 Å². The molecule has 0 aliphatic carbocycles. The zero-order valence-electron chi connectivity index (χ0n) is 31.6. The minimum absolute atomic E-state index is 0. The fraction of sp³-hybridized carbons (Fsp3) is 0.304. The first-order valence-electron chi connectivity index (χ1n) is 18.5. The molecule has 0 amide bonds. The van der Waals surface area contributed by atoms with Crippen molar-refractivity contribution in [2.24, 2.45) is 0 Å². The minimum atomic E-state index is 0. The standard InChI is InChI=1S/C46H48N4O.Pd/c1-9-11-16-42-46(45-31(6)22-30(5)23-32(45)7)33(8)48-50(42)36-25-35(29(3)4)26-38(27-36)51-37-18-19-40-39-15-12-13-17-41(39)49(43(40)28-37)44-24-34(14-10-2)20-21-47-44;/h12-13,15,17-26,29H,9-11,14,16H2,1-8H3;/q-2;+2. The third-order valence-electron chi connectivity index (χ3n) is 9.95. The van der Waals surface area contributed by atoms with E-state index in [2.05, 4.69) is 144 Å². The van der Waals surface area contributed by atoms with Gasteiger partial charge < -0.3 is 9.30 Å². The number of pyridine rings is 1. The van der Waals surface area contributed by atoms with Crippen LogP contribution in [0, 0.1) is 39.8 Å². The second kappa shape index (κ2) is 15.6. The van der Waals surface area contributed by atoms with E-state index >= 15 is 0 Å². The van der Waals surface area contributed by atoms with Gasteiger partial charge in [-0.15, -0.1) is 41.3 Å². The number of fused-ring (bicyclic) bond motifs is 3. The molecule has 4 aromatic carbocycles. The molecule has 6 heteroatoms. The second-order valence-corrected chi connectivity index (χ2v) is 14.3. The third kappa shape index (κ3) is 7.12. The van der Waals surface area contributed by atoms with Crippen molar-refractivity contribution in [2.45, 2.75) is 93.4 Å². The molecule has 3 aromatic heterocycles. The monoisotopic (exact) mass is 778 g/mol. The summed E-state index contributed by atoms with van der Waals surface area (Å²) in [5.41, 5.74) is 14.0. The molecule has 0 spiro atoms. The summed E-state index contributed by atoms with van der Waals surface area (Å²) in [6.45, 7) is 17.6. The molecule has 0 bridgehead atoms. The third-order valence-corrected chi connectivity index (χ3v) is 9.95. The van der Waals surface area contributed by atoms with Crippen molar-refractivity contribution in [1.29, 1.82) is 0 Å². The maximum Gasteiger partial charge on any atom is 2.00 e. The first-order valence-corrected chi connectivity index (χ1v) is 18.5. The van der Waals surface area contributed by atoms with E-state index in [9.17, 15) is 0 Å². The van der Waals surface area contributed by atoms with Crippen molar-refractivity contribution in [3.05, 3.63) is 130 Å². The molecular formula is C46H48N4OPd. The topological polar surface area (TPSA) is 44.9 Å². The van der Waals surface area contributed by atoms with Crippen LogP contribution in [0.4, 0.5) is 0 Å². The maximum absolute atomic E-state index is 6.70. The van der Waals surface area contributed by atoms with E-state index in [-0.39, 0.29) is 26.3 Å². The van der Waals surface area contributed by atoms with E-state index in [1.807, 2.05) is 12.3 Å². The second-order valence-electron chi connectivity index (χ2n) is 14.3. The van der Waals surface area contributed by atoms with Crippen LogP contribution in [0.2, 0.25) is 0 Å². The van der Waals surface area contributed by atoms with Crippen LogP contribution in [-0.4, -0.2) is 19.3 Å². The largest absolute Gasteiger partial charge is 2.00 e. The zero-order chi connectivity index (χ0) is 35.8. The van der Waals surface area contributed by atoms with Gasteiger partial charge in [0.25, 0.3) is 0 Å². The van der Waals surface area contributed by atoms with Crippen molar-refractivity contribution >= 4 is 21.8 Å². The molecule has 0 saturated carbocycles. The Balaban J connectivity index is 0.00000464. The van der Waals surface area contributed by atoms with Crippen LogP contribution in [0.15, 0.2) is 79.0 Å². The molecule has 0 saturated heterocycles. The fourth-order valence-electron chi connectivity index (χ4n) is 7.62. The van der Waals surface area contributed by atoms with Gasteiger partial charge >= 0.3 is 20.4 Å². The van der Waals surface area contributed by atoms with Crippen LogP contribution in [0.25, 0.3) is 44.4 Å². The van der Waals surface area contributed by atoms with E-state index in [0.717, 1.165) is 71.1 Å². The van der Waals surface area contributed by atoms with Crippen LogP contribution in [0.1, 0.15) is 92.1 Å². The Morgan fingerprint density at radius 3 is 2.27 bits per heavy atom. The van der Waals surface area contributed by atoms with E-state index < -0.39 is 0 Å². The van der Waals surface area contributed by atoms with E-state index in [4.69, 9.17) is 14.8 Å². The predicted molar refractivity (Wildman–Crippen MR) is 211 cm³/mol. The summed E-state index contributed by atoms with van der Waals surface area (Å²) in [5, 5.41) is 7.48. The van der Waals surface area contributed by atoms with Gasteiger partial charge in [-0.05, 0) is 104 Å². The fourth-order valence-corrected chi connectivity index (χ4v) is 7.62. The van der Waals surface area contributed by atoms with Gasteiger partial charge in [-0.2, -0.15) is 11.2 Å². The molecule has 52 heavy (non-hydrogen) atoms. The van der Waals surface area contributed by atoms with E-state index in [1.54, 1.807) is 0 Å². The van der Waals surface area contributed by atoms with E-state index in [0.29, 0.717) is 11.5 Å². The quantitative estimate of drug-likeness (QED) is 0.0970. The van der Waals surface area contributed by atoms with Gasteiger partial charge in [-0.1, -0.05) is 81.9 Å². The van der Waals surface area contributed by atoms with Crippen LogP contribution in [-0.2, 0) is 33.3 Å². The van der Waals surface area contributed by atoms with Crippen LogP contribution < -0.4 is 4.74 Å². The average Bonchev–Trinajstić information content (AvgIpc) is 3.60. The molecular weight excluding hydrogens is 731 g/mol. The number of aryl methyl sites for hydroxylation is 5.